The van der Waals surface area contributed by atoms with Gasteiger partial charge in [0.25, 0.3) is 0 Å². The van der Waals surface area contributed by atoms with Crippen molar-refractivity contribution in [1.82, 2.24) is 4.98 Å². The van der Waals surface area contributed by atoms with E-state index in [2.05, 4.69) is 22.4 Å². The first-order valence-corrected chi connectivity index (χ1v) is 8.50. The molecule has 0 saturated heterocycles. The van der Waals surface area contributed by atoms with E-state index >= 15 is 0 Å². The molecule has 0 unspecified atom stereocenters. The Morgan fingerprint density at radius 3 is 2.80 bits per heavy atom. The summed E-state index contributed by atoms with van der Waals surface area (Å²) in [6.45, 7) is 0.575. The average molecular weight is 332 g/mol. The lowest BCUT2D eigenvalue weighted by atomic mass is 9.73. The Bertz CT molecular complexity index is 928. The Balaban J connectivity index is 1.69. The molecule has 0 bridgehead atoms. The molecule has 0 aliphatic carbocycles. The van der Waals surface area contributed by atoms with E-state index in [1.165, 1.54) is 11.6 Å². The monoisotopic (exact) mass is 332 g/mol. The molecule has 2 aliphatic heterocycles. The summed E-state index contributed by atoms with van der Waals surface area (Å²) in [5, 5.41) is 3.57. The van der Waals surface area contributed by atoms with Crippen molar-refractivity contribution in [2.45, 2.75) is 12.0 Å². The molecule has 3 nitrogen and oxygen atoms in total. The lowest BCUT2D eigenvalue weighted by molar-refractivity contribution is 0.181. The van der Waals surface area contributed by atoms with Gasteiger partial charge in [0.05, 0.1) is 24.0 Å². The Labute approximate surface area is 145 Å². The predicted octanol–water partition coefficient (Wildman–Crippen LogP) is 4.53. The van der Waals surface area contributed by atoms with Gasteiger partial charge in [0.15, 0.2) is 0 Å². The van der Waals surface area contributed by atoms with Crippen molar-refractivity contribution in [3.63, 3.8) is 0 Å². The van der Waals surface area contributed by atoms with Crippen molar-refractivity contribution in [3.05, 3.63) is 89.5 Å². The second-order valence-corrected chi connectivity index (χ2v) is 6.60. The minimum absolute atomic E-state index is 0.00126. The van der Waals surface area contributed by atoms with Gasteiger partial charge < -0.3 is 10.1 Å². The zero-order valence-corrected chi connectivity index (χ0v) is 13.5. The largest absolute Gasteiger partial charge is 0.493 e. The Morgan fingerprint density at radius 1 is 1.04 bits per heavy atom. The molecule has 3 aromatic rings. The number of benzene rings is 2. The highest BCUT2D eigenvalue weighted by Crippen LogP contribution is 2.50. The summed E-state index contributed by atoms with van der Waals surface area (Å²) in [6, 6.07) is 19.1. The fraction of sp³-hybridized carbons (Fsp3) is 0.190. The number of pyridine rings is 1. The second-order valence-electron chi connectivity index (χ2n) is 6.60. The molecule has 2 aromatic carbocycles. The van der Waals surface area contributed by atoms with E-state index < -0.39 is 0 Å². The summed E-state index contributed by atoms with van der Waals surface area (Å²) in [5.74, 6) is 0.784. The summed E-state index contributed by atoms with van der Waals surface area (Å²) in [4.78, 5) is 4.65. The summed E-state index contributed by atoms with van der Waals surface area (Å²) >= 11 is 0. The second kappa shape index (κ2) is 5.59. The summed E-state index contributed by atoms with van der Waals surface area (Å²) in [5.41, 5.74) is 4.13. The lowest BCUT2D eigenvalue weighted by Crippen LogP contribution is -2.39. The molecule has 1 N–H and O–H groups in total. The smallest absolute Gasteiger partial charge is 0.124 e. The Hall–Kier alpha value is -2.88. The minimum atomic E-state index is -0.238. The van der Waals surface area contributed by atoms with Crippen LogP contribution in [0.15, 0.2) is 66.9 Å². The fourth-order valence-corrected chi connectivity index (χ4v) is 4.10. The van der Waals surface area contributed by atoms with Gasteiger partial charge in [0, 0.05) is 23.6 Å². The normalized spacial score (nSPS) is 23.5. The first-order chi connectivity index (χ1) is 12.3. The van der Waals surface area contributed by atoms with Gasteiger partial charge in [-0.15, -0.1) is 0 Å². The van der Waals surface area contributed by atoms with E-state index in [1.807, 2.05) is 36.5 Å². The fourth-order valence-electron chi connectivity index (χ4n) is 4.10. The van der Waals surface area contributed by atoms with Gasteiger partial charge in [-0.2, -0.15) is 0 Å². The van der Waals surface area contributed by atoms with E-state index in [-0.39, 0.29) is 23.7 Å². The number of hydrogen-bond donors (Lipinski definition) is 1. The summed E-state index contributed by atoms with van der Waals surface area (Å²) < 4.78 is 19.9. The van der Waals surface area contributed by atoms with Crippen LogP contribution < -0.4 is 10.1 Å². The third kappa shape index (κ3) is 2.29. The SMILES string of the molecule is Fc1ccc2c(c1)[C@H]1Nc3cccnc3[C@@H](c3ccccc3)[C@@H]1CO2. The molecular weight excluding hydrogens is 315 g/mol. The maximum atomic E-state index is 13.9. The molecule has 0 saturated carbocycles. The summed E-state index contributed by atoms with van der Waals surface area (Å²) in [7, 11) is 0. The van der Waals surface area contributed by atoms with Crippen LogP contribution in [0.4, 0.5) is 10.1 Å². The van der Waals surface area contributed by atoms with Gasteiger partial charge in [-0.1, -0.05) is 30.3 Å². The molecule has 5 rings (SSSR count). The lowest BCUT2D eigenvalue weighted by Gasteiger charge is -2.43. The topological polar surface area (TPSA) is 34.2 Å². The molecule has 0 amide bonds. The van der Waals surface area contributed by atoms with Gasteiger partial charge in [0.2, 0.25) is 0 Å². The number of ether oxygens (including phenoxy) is 1. The van der Waals surface area contributed by atoms with Crippen LogP contribution in [-0.2, 0) is 0 Å². The van der Waals surface area contributed by atoms with Crippen LogP contribution in [0.2, 0.25) is 0 Å². The van der Waals surface area contributed by atoms with E-state index in [0.29, 0.717) is 6.61 Å². The number of nitrogens with zero attached hydrogens (tertiary/aromatic N) is 1. The van der Waals surface area contributed by atoms with Crippen LogP contribution in [0.5, 0.6) is 5.75 Å². The van der Waals surface area contributed by atoms with Gasteiger partial charge >= 0.3 is 0 Å². The van der Waals surface area contributed by atoms with Crippen molar-refractivity contribution in [1.29, 1.82) is 0 Å². The quantitative estimate of drug-likeness (QED) is 0.711. The highest BCUT2D eigenvalue weighted by molar-refractivity contribution is 5.59. The van der Waals surface area contributed by atoms with Crippen LogP contribution in [0, 0.1) is 11.7 Å². The molecule has 2 aliphatic rings. The van der Waals surface area contributed by atoms with Gasteiger partial charge in [-0.3, -0.25) is 4.98 Å². The highest BCUT2D eigenvalue weighted by Gasteiger charge is 2.43. The molecule has 0 fully saturated rings. The zero-order chi connectivity index (χ0) is 16.8. The molecule has 124 valence electrons. The zero-order valence-electron chi connectivity index (χ0n) is 13.5. The number of fused-ring (bicyclic) bond motifs is 4. The van der Waals surface area contributed by atoms with Crippen LogP contribution in [0.25, 0.3) is 0 Å². The number of aromatic nitrogens is 1. The maximum Gasteiger partial charge on any atom is 0.124 e. The van der Waals surface area contributed by atoms with Crippen molar-refractivity contribution in [2.75, 3.05) is 11.9 Å². The van der Waals surface area contributed by atoms with Crippen molar-refractivity contribution in [3.8, 4) is 5.75 Å². The number of hydrogen-bond acceptors (Lipinski definition) is 3. The molecule has 0 spiro atoms. The molecule has 25 heavy (non-hydrogen) atoms. The molecular formula is C21H17FN2O. The summed E-state index contributed by atoms with van der Waals surface area (Å²) in [6.07, 6.45) is 1.83. The van der Waals surface area contributed by atoms with Gasteiger partial charge in [-0.25, -0.2) is 4.39 Å². The minimum Gasteiger partial charge on any atom is -0.493 e. The van der Waals surface area contributed by atoms with Crippen LogP contribution >= 0.6 is 0 Å². The number of halogens is 1. The first kappa shape index (κ1) is 14.5. The molecule has 4 heteroatoms. The van der Waals surface area contributed by atoms with Gasteiger partial charge in [-0.05, 0) is 35.9 Å². The number of anilines is 1. The van der Waals surface area contributed by atoms with E-state index in [0.717, 1.165) is 22.7 Å². The Kier molecular flexibility index (Phi) is 3.23. The standard InChI is InChI=1S/C21H17FN2O/c22-14-8-9-18-15(11-14)20-16(12-25-18)19(13-5-2-1-3-6-13)21-17(24-20)7-4-10-23-21/h1-11,16,19-20,24H,12H2/t16-,19-,20+/m0/s1. The molecule has 3 atom stereocenters. The van der Waals surface area contributed by atoms with Crippen LogP contribution in [0.1, 0.15) is 28.8 Å². The van der Waals surface area contributed by atoms with Gasteiger partial charge in [0.1, 0.15) is 11.6 Å². The molecule has 1 aromatic heterocycles. The molecule has 0 radical (unpaired) electrons. The first-order valence-electron chi connectivity index (χ1n) is 8.50. The molecule has 3 heterocycles. The number of nitrogens with one attached hydrogen (secondary N) is 1. The predicted molar refractivity (Wildman–Crippen MR) is 94.3 cm³/mol. The average Bonchev–Trinajstić information content (AvgIpc) is 2.67. The Morgan fingerprint density at radius 2 is 1.92 bits per heavy atom. The van der Waals surface area contributed by atoms with Crippen molar-refractivity contribution in [2.24, 2.45) is 5.92 Å². The third-order valence-corrected chi connectivity index (χ3v) is 5.20. The highest BCUT2D eigenvalue weighted by atomic mass is 19.1. The van der Waals surface area contributed by atoms with Crippen LogP contribution in [0.3, 0.4) is 0 Å². The van der Waals surface area contributed by atoms with Crippen molar-refractivity contribution >= 4 is 5.69 Å². The maximum absolute atomic E-state index is 13.9. The third-order valence-electron chi connectivity index (χ3n) is 5.20. The van der Waals surface area contributed by atoms with Crippen LogP contribution in [-0.4, -0.2) is 11.6 Å². The van der Waals surface area contributed by atoms with E-state index in [9.17, 15) is 4.39 Å². The van der Waals surface area contributed by atoms with E-state index in [4.69, 9.17) is 4.74 Å². The van der Waals surface area contributed by atoms with E-state index in [1.54, 1.807) is 12.1 Å². The number of rotatable bonds is 1. The van der Waals surface area contributed by atoms with Crippen molar-refractivity contribution < 1.29 is 9.13 Å².